The van der Waals surface area contributed by atoms with Gasteiger partial charge in [-0.2, -0.15) is 10.0 Å². The number of halogens is 2. The van der Waals surface area contributed by atoms with Gasteiger partial charge in [-0.3, -0.25) is 4.79 Å². The number of hydrogen-bond donors (Lipinski definition) is 1. The van der Waals surface area contributed by atoms with E-state index in [-0.39, 0.29) is 9.80 Å². The number of phenolic OH excluding ortho intramolecular Hbond substituents is 1. The summed E-state index contributed by atoms with van der Waals surface area (Å²) in [6, 6.07) is 10.6. The van der Waals surface area contributed by atoms with E-state index in [0.29, 0.717) is 16.7 Å². The SMILES string of the molecule is Cc1ccccc1C1=C2C=CC(=O)C(F)=C2S(C)(C)c2c1ccc(O)c2F. The summed E-state index contributed by atoms with van der Waals surface area (Å²) in [6.07, 6.45) is 6.36. The van der Waals surface area contributed by atoms with Crippen molar-refractivity contribution in [1.82, 2.24) is 0 Å². The van der Waals surface area contributed by atoms with E-state index < -0.39 is 33.2 Å². The van der Waals surface area contributed by atoms with Crippen molar-refractivity contribution >= 4 is 21.4 Å². The Labute approximate surface area is 157 Å². The van der Waals surface area contributed by atoms with E-state index in [4.69, 9.17) is 0 Å². The van der Waals surface area contributed by atoms with E-state index in [0.717, 1.165) is 11.1 Å². The van der Waals surface area contributed by atoms with Crippen LogP contribution in [0, 0.1) is 12.7 Å². The van der Waals surface area contributed by atoms with E-state index in [1.54, 1.807) is 24.7 Å². The lowest BCUT2D eigenvalue weighted by Gasteiger charge is -2.43. The average Bonchev–Trinajstić information content (AvgIpc) is 2.61. The molecule has 2 aromatic carbocycles. The first kappa shape index (κ1) is 17.7. The fraction of sp³-hybridized carbons (Fsp3) is 0.136. The van der Waals surface area contributed by atoms with Gasteiger partial charge in [0.25, 0.3) is 0 Å². The molecule has 4 rings (SSSR count). The van der Waals surface area contributed by atoms with Gasteiger partial charge in [0, 0.05) is 9.80 Å². The molecular weight excluding hydrogens is 366 g/mol. The fourth-order valence-electron chi connectivity index (χ4n) is 3.87. The fourth-order valence-corrected chi connectivity index (χ4v) is 6.61. The van der Waals surface area contributed by atoms with Crippen molar-refractivity contribution in [2.45, 2.75) is 11.8 Å². The van der Waals surface area contributed by atoms with E-state index in [1.807, 2.05) is 31.2 Å². The summed E-state index contributed by atoms with van der Waals surface area (Å²) >= 11 is 0. The number of rotatable bonds is 1. The molecule has 0 aromatic heterocycles. The summed E-state index contributed by atoms with van der Waals surface area (Å²) in [5, 5.41) is 9.96. The standard InChI is InChI=1S/C22H18F2O2S/c1-12-6-4-5-7-13(12)18-14-8-10-16(25)19(23)21(14)27(2,3)22-15(18)9-11-17(26)20(22)24/h4-11,25H,1-3H3. The topological polar surface area (TPSA) is 37.3 Å². The first-order chi connectivity index (χ1) is 12.7. The van der Waals surface area contributed by atoms with Crippen molar-refractivity contribution in [2.75, 3.05) is 12.5 Å². The minimum absolute atomic E-state index is 0.241. The van der Waals surface area contributed by atoms with Crippen LogP contribution in [0.5, 0.6) is 5.75 Å². The maximum atomic E-state index is 15.1. The zero-order valence-corrected chi connectivity index (χ0v) is 16.0. The molecule has 5 heteroatoms. The Hall–Kier alpha value is -2.66. The molecule has 0 spiro atoms. The van der Waals surface area contributed by atoms with Gasteiger partial charge in [-0.05, 0) is 71.6 Å². The Balaban J connectivity index is 2.22. The van der Waals surface area contributed by atoms with Crippen LogP contribution in [0.3, 0.4) is 0 Å². The van der Waals surface area contributed by atoms with Crippen molar-refractivity contribution in [3.05, 3.63) is 87.4 Å². The molecule has 27 heavy (non-hydrogen) atoms. The van der Waals surface area contributed by atoms with Crippen LogP contribution in [0.4, 0.5) is 8.78 Å². The molecule has 1 aliphatic carbocycles. The Bertz CT molecular complexity index is 1110. The summed E-state index contributed by atoms with van der Waals surface area (Å²) < 4.78 is 30.1. The van der Waals surface area contributed by atoms with Gasteiger partial charge in [0.05, 0.1) is 0 Å². The first-order valence-corrected chi connectivity index (χ1v) is 10.9. The molecule has 0 saturated carbocycles. The third-order valence-corrected chi connectivity index (χ3v) is 7.95. The molecule has 0 saturated heterocycles. The van der Waals surface area contributed by atoms with Crippen LogP contribution in [-0.2, 0) is 4.79 Å². The lowest BCUT2D eigenvalue weighted by atomic mass is 9.87. The van der Waals surface area contributed by atoms with Crippen molar-refractivity contribution in [3.8, 4) is 5.75 Å². The maximum absolute atomic E-state index is 15.1. The van der Waals surface area contributed by atoms with Crippen LogP contribution in [0.1, 0.15) is 16.7 Å². The molecule has 0 atom stereocenters. The van der Waals surface area contributed by atoms with Crippen LogP contribution in [-0.4, -0.2) is 23.4 Å². The van der Waals surface area contributed by atoms with Gasteiger partial charge in [-0.25, -0.2) is 8.78 Å². The number of fused-ring (bicyclic) bond motifs is 2. The molecule has 2 nitrogen and oxygen atoms in total. The molecule has 1 aliphatic heterocycles. The molecule has 1 heterocycles. The molecule has 2 aromatic rings. The Kier molecular flexibility index (Phi) is 3.89. The van der Waals surface area contributed by atoms with Gasteiger partial charge in [0.1, 0.15) is 0 Å². The third-order valence-electron chi connectivity index (χ3n) is 5.11. The number of allylic oxidation sites excluding steroid dienone is 4. The summed E-state index contributed by atoms with van der Waals surface area (Å²) in [4.78, 5) is 12.6. The van der Waals surface area contributed by atoms with Crippen LogP contribution < -0.4 is 0 Å². The van der Waals surface area contributed by atoms with Crippen LogP contribution in [0.25, 0.3) is 5.57 Å². The van der Waals surface area contributed by atoms with Gasteiger partial charge in [0.2, 0.25) is 5.78 Å². The molecule has 1 N–H and O–H groups in total. The number of aromatic hydroxyl groups is 1. The number of benzene rings is 2. The highest BCUT2D eigenvalue weighted by atomic mass is 32.3. The zero-order valence-electron chi connectivity index (χ0n) is 15.1. The van der Waals surface area contributed by atoms with Gasteiger partial charge in [0.15, 0.2) is 17.4 Å². The third kappa shape index (κ3) is 2.42. The Morgan fingerprint density at radius 3 is 2.37 bits per heavy atom. The van der Waals surface area contributed by atoms with Gasteiger partial charge in [-0.15, -0.1) is 0 Å². The number of phenols is 1. The molecule has 0 bridgehead atoms. The number of hydrogen-bond acceptors (Lipinski definition) is 2. The lowest BCUT2D eigenvalue weighted by molar-refractivity contribution is -0.112. The van der Waals surface area contributed by atoms with E-state index in [1.165, 1.54) is 12.1 Å². The largest absolute Gasteiger partial charge is 0.505 e. The Morgan fingerprint density at radius 2 is 1.67 bits per heavy atom. The van der Waals surface area contributed by atoms with Gasteiger partial charge < -0.3 is 5.11 Å². The predicted octanol–water partition coefficient (Wildman–Crippen LogP) is 5.40. The number of aryl methyl sites for hydroxylation is 1. The van der Waals surface area contributed by atoms with Crippen molar-refractivity contribution in [3.63, 3.8) is 0 Å². The quantitative estimate of drug-likeness (QED) is 0.715. The molecule has 0 unspecified atom stereocenters. The Morgan fingerprint density at radius 1 is 0.963 bits per heavy atom. The number of carbonyl (C=O) groups excluding carboxylic acids is 1. The molecule has 0 fully saturated rings. The number of carbonyl (C=O) groups is 1. The first-order valence-electron chi connectivity index (χ1n) is 8.43. The summed E-state index contributed by atoms with van der Waals surface area (Å²) in [7, 11) is -2.19. The summed E-state index contributed by atoms with van der Waals surface area (Å²) in [5.41, 5.74) is 3.73. The normalized spacial score (nSPS) is 19.1. The van der Waals surface area contributed by atoms with Gasteiger partial charge in [-0.1, -0.05) is 24.3 Å². The van der Waals surface area contributed by atoms with E-state index >= 15 is 8.78 Å². The maximum Gasteiger partial charge on any atom is 0.215 e. The van der Waals surface area contributed by atoms with Gasteiger partial charge >= 0.3 is 0 Å². The van der Waals surface area contributed by atoms with Crippen LogP contribution >= 0.6 is 10.0 Å². The molecule has 138 valence electrons. The second-order valence-electron chi connectivity index (χ2n) is 7.05. The van der Waals surface area contributed by atoms with Crippen molar-refractivity contribution in [2.24, 2.45) is 0 Å². The highest BCUT2D eigenvalue weighted by molar-refractivity contribution is 8.36. The minimum Gasteiger partial charge on any atom is -0.505 e. The zero-order chi connectivity index (χ0) is 19.5. The molecular formula is C22H18F2O2S. The van der Waals surface area contributed by atoms with Crippen molar-refractivity contribution in [1.29, 1.82) is 0 Å². The summed E-state index contributed by atoms with van der Waals surface area (Å²) in [6.45, 7) is 1.93. The second-order valence-corrected chi connectivity index (χ2v) is 10.5. The van der Waals surface area contributed by atoms with Crippen molar-refractivity contribution < 1.29 is 18.7 Å². The summed E-state index contributed by atoms with van der Waals surface area (Å²) in [5.74, 6) is -2.77. The highest BCUT2D eigenvalue weighted by Gasteiger charge is 2.41. The minimum atomic E-state index is -2.19. The lowest BCUT2D eigenvalue weighted by Crippen LogP contribution is -2.19. The molecule has 0 radical (unpaired) electrons. The molecule has 0 amide bonds. The molecule has 2 aliphatic rings. The monoisotopic (exact) mass is 384 g/mol. The average molecular weight is 384 g/mol. The van der Waals surface area contributed by atoms with Crippen LogP contribution in [0.2, 0.25) is 0 Å². The smallest absolute Gasteiger partial charge is 0.215 e. The highest BCUT2D eigenvalue weighted by Crippen LogP contribution is 2.68. The van der Waals surface area contributed by atoms with E-state index in [9.17, 15) is 9.90 Å². The number of ketones is 1. The van der Waals surface area contributed by atoms with E-state index in [2.05, 4.69) is 0 Å². The predicted molar refractivity (Wildman–Crippen MR) is 105 cm³/mol. The second kappa shape index (κ2) is 5.92. The van der Waals surface area contributed by atoms with Crippen LogP contribution in [0.15, 0.2) is 69.8 Å².